The van der Waals surface area contributed by atoms with Gasteiger partial charge in [-0.1, -0.05) is 196 Å². The molecule has 280 valence electrons. The van der Waals surface area contributed by atoms with Gasteiger partial charge < -0.3 is 9.32 Å². The predicted molar refractivity (Wildman–Crippen MR) is 248 cm³/mol. The summed E-state index contributed by atoms with van der Waals surface area (Å²) in [5, 5.41) is 2.26. The van der Waals surface area contributed by atoms with Gasteiger partial charge in [-0.15, -0.1) is 0 Å². The molecule has 9 aromatic carbocycles. The molecule has 0 aliphatic heterocycles. The number of anilines is 3. The zero-order valence-electron chi connectivity index (χ0n) is 33.1. The van der Waals surface area contributed by atoms with Crippen molar-refractivity contribution in [3.05, 3.63) is 223 Å². The molecule has 10 aromatic rings. The van der Waals surface area contributed by atoms with Gasteiger partial charge in [0, 0.05) is 33.0 Å². The van der Waals surface area contributed by atoms with Crippen LogP contribution in [-0.4, -0.2) is 0 Å². The molecule has 0 atom stereocenters. The zero-order chi connectivity index (χ0) is 39.5. The summed E-state index contributed by atoms with van der Waals surface area (Å²) in [6, 6.07) is 76.9. The van der Waals surface area contributed by atoms with Gasteiger partial charge in [-0.05, 0) is 86.0 Å². The Bertz CT molecular complexity index is 3170. The molecule has 0 N–H and O–H groups in total. The number of hydrogen-bond donors (Lipinski definition) is 0. The number of furan rings is 1. The van der Waals surface area contributed by atoms with Crippen molar-refractivity contribution in [2.45, 2.75) is 19.3 Å². The largest absolute Gasteiger partial charge is 0.455 e. The molecular weight excluding hydrogens is 715 g/mol. The van der Waals surface area contributed by atoms with E-state index in [1.807, 2.05) is 6.07 Å². The van der Waals surface area contributed by atoms with Crippen molar-refractivity contribution in [3.8, 4) is 55.6 Å². The van der Waals surface area contributed by atoms with Crippen LogP contribution in [0.15, 0.2) is 217 Å². The highest BCUT2D eigenvalue weighted by molar-refractivity contribution is 6.10. The molecule has 0 amide bonds. The molecule has 11 rings (SSSR count). The molecule has 0 saturated heterocycles. The van der Waals surface area contributed by atoms with Crippen LogP contribution in [0.3, 0.4) is 0 Å². The highest BCUT2D eigenvalue weighted by Gasteiger charge is 2.39. The Labute approximate surface area is 345 Å². The molecule has 0 spiro atoms. The lowest BCUT2D eigenvalue weighted by Gasteiger charge is -2.34. The van der Waals surface area contributed by atoms with E-state index in [2.05, 4.69) is 225 Å². The maximum atomic E-state index is 6.52. The van der Waals surface area contributed by atoms with Crippen LogP contribution in [0.25, 0.3) is 77.6 Å². The first kappa shape index (κ1) is 34.8. The van der Waals surface area contributed by atoms with E-state index >= 15 is 0 Å². The van der Waals surface area contributed by atoms with Crippen molar-refractivity contribution in [1.29, 1.82) is 0 Å². The number of fused-ring (bicyclic) bond motifs is 6. The Morgan fingerprint density at radius 1 is 0.373 bits per heavy atom. The quantitative estimate of drug-likeness (QED) is 0.161. The number of nitrogens with zero attached hydrogens (tertiary/aromatic N) is 1. The SMILES string of the molecule is CC1(C)c2ccccc2-c2cccc(N(c3ccc(-c4cccc5c4oc4ccccc45)cc3)c3cccc(-c4ccccc4)c3-c3ccccc3-c3ccccc3)c21. The van der Waals surface area contributed by atoms with Gasteiger partial charge in [0.15, 0.2) is 0 Å². The second kappa shape index (κ2) is 13.9. The van der Waals surface area contributed by atoms with Gasteiger partial charge in [-0.2, -0.15) is 0 Å². The van der Waals surface area contributed by atoms with Crippen molar-refractivity contribution < 1.29 is 4.42 Å². The van der Waals surface area contributed by atoms with Crippen molar-refractivity contribution >= 4 is 39.0 Å². The first-order valence-electron chi connectivity index (χ1n) is 20.4. The number of rotatable bonds is 7. The van der Waals surface area contributed by atoms with E-state index in [1.54, 1.807) is 0 Å². The lowest BCUT2D eigenvalue weighted by atomic mass is 9.81. The van der Waals surface area contributed by atoms with Gasteiger partial charge >= 0.3 is 0 Å². The first-order chi connectivity index (χ1) is 29.1. The molecule has 0 bridgehead atoms. The topological polar surface area (TPSA) is 16.4 Å². The summed E-state index contributed by atoms with van der Waals surface area (Å²) in [7, 11) is 0. The van der Waals surface area contributed by atoms with E-state index in [0.717, 1.165) is 44.4 Å². The van der Waals surface area contributed by atoms with Crippen LogP contribution in [0.4, 0.5) is 17.1 Å². The van der Waals surface area contributed by atoms with Crippen LogP contribution in [-0.2, 0) is 5.41 Å². The highest BCUT2D eigenvalue weighted by Crippen LogP contribution is 2.56. The smallest absolute Gasteiger partial charge is 0.143 e. The van der Waals surface area contributed by atoms with Gasteiger partial charge in [0.05, 0.1) is 11.4 Å². The Morgan fingerprint density at radius 2 is 0.898 bits per heavy atom. The van der Waals surface area contributed by atoms with E-state index in [1.165, 1.54) is 61.3 Å². The zero-order valence-corrected chi connectivity index (χ0v) is 33.1. The van der Waals surface area contributed by atoms with Gasteiger partial charge in [0.25, 0.3) is 0 Å². The van der Waals surface area contributed by atoms with E-state index in [4.69, 9.17) is 4.42 Å². The van der Waals surface area contributed by atoms with Crippen molar-refractivity contribution in [1.82, 2.24) is 0 Å². The summed E-state index contributed by atoms with van der Waals surface area (Å²) < 4.78 is 6.52. The molecule has 1 aliphatic carbocycles. The Hall–Kier alpha value is -7.42. The molecule has 0 unspecified atom stereocenters. The molecule has 0 fully saturated rings. The summed E-state index contributed by atoms with van der Waals surface area (Å²) in [6.45, 7) is 4.75. The van der Waals surface area contributed by atoms with Crippen molar-refractivity contribution in [3.63, 3.8) is 0 Å². The summed E-state index contributed by atoms with van der Waals surface area (Å²) in [5.74, 6) is 0. The van der Waals surface area contributed by atoms with Crippen LogP contribution in [0.2, 0.25) is 0 Å². The molecular formula is C57H41NO. The monoisotopic (exact) mass is 755 g/mol. The highest BCUT2D eigenvalue weighted by atomic mass is 16.3. The number of hydrogen-bond acceptors (Lipinski definition) is 2. The van der Waals surface area contributed by atoms with Gasteiger partial charge in [0.2, 0.25) is 0 Å². The molecule has 1 aromatic heterocycles. The number of benzene rings is 9. The normalized spacial score (nSPS) is 12.7. The van der Waals surface area contributed by atoms with Gasteiger partial charge in [-0.25, -0.2) is 0 Å². The average molecular weight is 756 g/mol. The fourth-order valence-corrected chi connectivity index (χ4v) is 9.62. The number of para-hydroxylation sites is 2. The van der Waals surface area contributed by atoms with Crippen LogP contribution in [0.1, 0.15) is 25.0 Å². The second-order valence-electron chi connectivity index (χ2n) is 16.0. The fourth-order valence-electron chi connectivity index (χ4n) is 9.62. The summed E-state index contributed by atoms with van der Waals surface area (Å²) in [6.07, 6.45) is 0. The third-order valence-corrected chi connectivity index (χ3v) is 12.3. The lowest BCUT2D eigenvalue weighted by molar-refractivity contribution is 0.661. The van der Waals surface area contributed by atoms with Crippen molar-refractivity contribution in [2.24, 2.45) is 0 Å². The summed E-state index contributed by atoms with van der Waals surface area (Å²) in [5.41, 5.74) is 19.5. The van der Waals surface area contributed by atoms with Gasteiger partial charge in [0.1, 0.15) is 11.2 Å². The van der Waals surface area contributed by atoms with Crippen molar-refractivity contribution in [2.75, 3.05) is 4.90 Å². The molecule has 1 heterocycles. The minimum atomic E-state index is -0.239. The fraction of sp³-hybridized carbons (Fsp3) is 0.0526. The van der Waals surface area contributed by atoms with E-state index in [9.17, 15) is 0 Å². The maximum Gasteiger partial charge on any atom is 0.143 e. The molecule has 2 nitrogen and oxygen atoms in total. The van der Waals surface area contributed by atoms with E-state index in [0.29, 0.717) is 0 Å². The van der Waals surface area contributed by atoms with Gasteiger partial charge in [-0.3, -0.25) is 0 Å². The van der Waals surface area contributed by atoms with Crippen LogP contribution >= 0.6 is 0 Å². The molecule has 59 heavy (non-hydrogen) atoms. The molecule has 2 heteroatoms. The Kier molecular flexibility index (Phi) is 8.20. The predicted octanol–water partition coefficient (Wildman–Crippen LogP) is 16.0. The van der Waals surface area contributed by atoms with Crippen LogP contribution in [0.5, 0.6) is 0 Å². The van der Waals surface area contributed by atoms with Crippen LogP contribution < -0.4 is 4.90 Å². The van der Waals surface area contributed by atoms with Crippen LogP contribution in [0, 0.1) is 0 Å². The third-order valence-electron chi connectivity index (χ3n) is 12.3. The second-order valence-corrected chi connectivity index (χ2v) is 16.0. The lowest BCUT2D eigenvalue weighted by Crippen LogP contribution is -2.21. The Balaban J connectivity index is 1.19. The molecule has 0 radical (unpaired) electrons. The Morgan fingerprint density at radius 3 is 1.66 bits per heavy atom. The maximum absolute atomic E-state index is 6.52. The van der Waals surface area contributed by atoms with E-state index in [-0.39, 0.29) is 5.41 Å². The molecule has 1 aliphatic rings. The third kappa shape index (κ3) is 5.63. The molecule has 0 saturated carbocycles. The average Bonchev–Trinajstić information content (AvgIpc) is 3.80. The minimum Gasteiger partial charge on any atom is -0.455 e. The first-order valence-corrected chi connectivity index (χ1v) is 20.4. The van der Waals surface area contributed by atoms with E-state index < -0.39 is 0 Å². The minimum absolute atomic E-state index is 0.239. The standard InChI is InChI=1S/C57H41NO/c1-57(2)50-30-13-11-23-45(50)48-28-17-32-52(55(48)57)58(41-36-34-40(35-37-41)44-27-15-29-49-46-24-12-14-33-53(46)59-56(44)49)51-31-16-26-43(39-20-7-4-8-21-39)54(51)47-25-10-9-22-42(47)38-18-5-3-6-19-38/h3-37H,1-2H3. The summed E-state index contributed by atoms with van der Waals surface area (Å²) >= 11 is 0. The summed E-state index contributed by atoms with van der Waals surface area (Å²) in [4.78, 5) is 2.52.